The van der Waals surface area contributed by atoms with Gasteiger partial charge in [0.1, 0.15) is 17.4 Å². The summed E-state index contributed by atoms with van der Waals surface area (Å²) in [6.45, 7) is 1.86. The van der Waals surface area contributed by atoms with Crippen LogP contribution in [0.1, 0.15) is 31.6 Å². The molecule has 1 aliphatic rings. The lowest BCUT2D eigenvalue weighted by molar-refractivity contribution is -0.123. The van der Waals surface area contributed by atoms with E-state index in [2.05, 4.69) is 10.3 Å². The lowest BCUT2D eigenvalue weighted by Gasteiger charge is -2.16. The highest BCUT2D eigenvalue weighted by atomic mass is 35.5. The van der Waals surface area contributed by atoms with E-state index in [1.54, 1.807) is 6.07 Å². The molecule has 3 rings (SSSR count). The van der Waals surface area contributed by atoms with Gasteiger partial charge in [-0.3, -0.25) is 4.79 Å². The molecule has 1 fully saturated rings. The van der Waals surface area contributed by atoms with Crippen molar-refractivity contribution in [3.63, 3.8) is 0 Å². The molecule has 1 aliphatic carbocycles. The van der Waals surface area contributed by atoms with E-state index >= 15 is 0 Å². The van der Waals surface area contributed by atoms with Crippen LogP contribution in [-0.2, 0) is 10.7 Å². The summed E-state index contributed by atoms with van der Waals surface area (Å²) in [6.07, 6.45) is 2.13. The number of nitrogens with one attached hydrogen (secondary N) is 1. The van der Waals surface area contributed by atoms with Crippen molar-refractivity contribution in [3.8, 4) is 0 Å². The number of carbonyl (C=O) groups excluding carboxylic acids is 1. The molecule has 1 saturated carbocycles. The van der Waals surface area contributed by atoms with Gasteiger partial charge in [0.05, 0.1) is 16.4 Å². The third kappa shape index (κ3) is 2.38. The van der Waals surface area contributed by atoms with Crippen LogP contribution in [0.25, 0.3) is 11.0 Å². The SMILES string of the molecule is CC(C(=O)NC1CC1)n1c(CCl)nc2c(Cl)cccc21. The van der Waals surface area contributed by atoms with Crippen LogP contribution in [0.2, 0.25) is 5.02 Å². The number of alkyl halides is 1. The van der Waals surface area contributed by atoms with E-state index in [9.17, 15) is 4.79 Å². The number of rotatable bonds is 4. The fourth-order valence-corrected chi connectivity index (χ4v) is 2.72. The van der Waals surface area contributed by atoms with Gasteiger partial charge in [0.25, 0.3) is 0 Å². The standard InChI is InChI=1S/C14H15Cl2N3O/c1-8(14(20)17-9-5-6-9)19-11-4-2-3-10(16)13(11)18-12(19)7-15/h2-4,8-9H,5-7H2,1H3,(H,17,20). The van der Waals surface area contributed by atoms with E-state index in [1.807, 2.05) is 23.6 Å². The molecule has 106 valence electrons. The van der Waals surface area contributed by atoms with Crippen LogP contribution in [0.4, 0.5) is 0 Å². The van der Waals surface area contributed by atoms with Crippen LogP contribution < -0.4 is 5.32 Å². The Morgan fingerprint density at radius 3 is 2.95 bits per heavy atom. The number of imidazole rings is 1. The average molecular weight is 312 g/mol. The fourth-order valence-electron chi connectivity index (χ4n) is 2.32. The second-order valence-corrected chi connectivity index (χ2v) is 5.77. The Morgan fingerprint density at radius 1 is 1.55 bits per heavy atom. The second kappa shape index (κ2) is 5.26. The molecule has 20 heavy (non-hydrogen) atoms. The predicted octanol–water partition coefficient (Wildman–Crippen LogP) is 3.27. The normalized spacial score (nSPS) is 16.4. The number of benzene rings is 1. The van der Waals surface area contributed by atoms with Gasteiger partial charge in [-0.2, -0.15) is 0 Å². The van der Waals surface area contributed by atoms with Crippen LogP contribution in [0.3, 0.4) is 0 Å². The lowest BCUT2D eigenvalue weighted by Crippen LogP contribution is -2.33. The summed E-state index contributed by atoms with van der Waals surface area (Å²) < 4.78 is 1.87. The predicted molar refractivity (Wildman–Crippen MR) is 80.2 cm³/mol. The molecule has 0 aliphatic heterocycles. The summed E-state index contributed by atoms with van der Waals surface area (Å²) in [5.41, 5.74) is 1.53. The largest absolute Gasteiger partial charge is 0.352 e. The average Bonchev–Trinajstić information content (AvgIpc) is 3.16. The maximum absolute atomic E-state index is 12.3. The number of nitrogens with zero attached hydrogens (tertiary/aromatic N) is 2. The van der Waals surface area contributed by atoms with E-state index < -0.39 is 0 Å². The maximum atomic E-state index is 12.3. The Labute approximate surface area is 127 Å². The number of aromatic nitrogens is 2. The van der Waals surface area contributed by atoms with E-state index in [0.29, 0.717) is 22.4 Å². The zero-order chi connectivity index (χ0) is 14.3. The summed E-state index contributed by atoms with van der Waals surface area (Å²) >= 11 is 12.1. The zero-order valence-electron chi connectivity index (χ0n) is 11.1. The maximum Gasteiger partial charge on any atom is 0.243 e. The number of halogens is 2. The molecule has 4 nitrogen and oxygen atoms in total. The van der Waals surface area contributed by atoms with Gasteiger partial charge in [0.2, 0.25) is 5.91 Å². The minimum atomic E-state index is -0.354. The molecule has 1 amide bonds. The first-order chi connectivity index (χ1) is 9.61. The van der Waals surface area contributed by atoms with Crippen molar-refractivity contribution < 1.29 is 4.79 Å². The monoisotopic (exact) mass is 311 g/mol. The highest BCUT2D eigenvalue weighted by molar-refractivity contribution is 6.35. The molecular weight excluding hydrogens is 297 g/mol. The Morgan fingerprint density at radius 2 is 2.30 bits per heavy atom. The molecule has 1 aromatic carbocycles. The van der Waals surface area contributed by atoms with Gasteiger partial charge < -0.3 is 9.88 Å². The van der Waals surface area contributed by atoms with Crippen molar-refractivity contribution in [2.75, 3.05) is 0 Å². The van der Waals surface area contributed by atoms with E-state index in [1.165, 1.54) is 0 Å². The topological polar surface area (TPSA) is 46.9 Å². The molecule has 1 heterocycles. The molecule has 6 heteroatoms. The third-order valence-corrected chi connectivity index (χ3v) is 4.10. The van der Waals surface area contributed by atoms with E-state index in [0.717, 1.165) is 18.4 Å². The number of carbonyl (C=O) groups is 1. The summed E-state index contributed by atoms with van der Waals surface area (Å²) in [5, 5.41) is 3.58. The zero-order valence-corrected chi connectivity index (χ0v) is 12.6. The van der Waals surface area contributed by atoms with Crippen molar-refractivity contribution in [2.24, 2.45) is 0 Å². The first-order valence-corrected chi connectivity index (χ1v) is 7.54. The summed E-state index contributed by atoms with van der Waals surface area (Å²) in [6, 6.07) is 5.53. The molecular formula is C14H15Cl2N3O. The molecule has 0 radical (unpaired) electrons. The minimum absolute atomic E-state index is 0.00172. The van der Waals surface area contributed by atoms with Crippen LogP contribution in [0.5, 0.6) is 0 Å². The number of hydrogen-bond donors (Lipinski definition) is 1. The van der Waals surface area contributed by atoms with Gasteiger partial charge in [0, 0.05) is 6.04 Å². The summed E-state index contributed by atoms with van der Waals surface area (Å²) in [7, 11) is 0. The molecule has 1 atom stereocenters. The third-order valence-electron chi connectivity index (χ3n) is 3.55. The smallest absolute Gasteiger partial charge is 0.243 e. The van der Waals surface area contributed by atoms with Crippen LogP contribution in [-0.4, -0.2) is 21.5 Å². The second-order valence-electron chi connectivity index (χ2n) is 5.10. The highest BCUT2D eigenvalue weighted by Crippen LogP contribution is 2.28. The minimum Gasteiger partial charge on any atom is -0.352 e. The summed E-state index contributed by atoms with van der Waals surface area (Å²) in [4.78, 5) is 16.7. The first-order valence-electron chi connectivity index (χ1n) is 6.63. The Hall–Kier alpha value is -1.26. The number of fused-ring (bicyclic) bond motifs is 1. The van der Waals surface area contributed by atoms with Gasteiger partial charge in [-0.05, 0) is 31.9 Å². The number of para-hydroxylation sites is 1. The van der Waals surface area contributed by atoms with Crippen molar-refractivity contribution in [2.45, 2.75) is 37.7 Å². The Kier molecular flexibility index (Phi) is 3.61. The fraction of sp³-hybridized carbons (Fsp3) is 0.429. The van der Waals surface area contributed by atoms with E-state index in [4.69, 9.17) is 23.2 Å². The van der Waals surface area contributed by atoms with Gasteiger partial charge in [-0.1, -0.05) is 17.7 Å². The molecule has 1 unspecified atom stereocenters. The van der Waals surface area contributed by atoms with Crippen molar-refractivity contribution in [1.82, 2.24) is 14.9 Å². The quantitative estimate of drug-likeness (QED) is 0.881. The summed E-state index contributed by atoms with van der Waals surface area (Å²) in [5.74, 6) is 0.901. The van der Waals surface area contributed by atoms with Gasteiger partial charge >= 0.3 is 0 Å². The highest BCUT2D eigenvalue weighted by Gasteiger charge is 2.28. The Bertz CT molecular complexity index is 664. The first kappa shape index (κ1) is 13.7. The van der Waals surface area contributed by atoms with Crippen LogP contribution in [0.15, 0.2) is 18.2 Å². The molecule has 1 aromatic heterocycles. The van der Waals surface area contributed by atoms with Gasteiger partial charge in [-0.15, -0.1) is 11.6 Å². The lowest BCUT2D eigenvalue weighted by atomic mass is 10.2. The van der Waals surface area contributed by atoms with Crippen LogP contribution in [0, 0.1) is 0 Å². The molecule has 0 spiro atoms. The van der Waals surface area contributed by atoms with Crippen molar-refractivity contribution in [3.05, 3.63) is 29.0 Å². The van der Waals surface area contributed by atoms with Gasteiger partial charge in [-0.25, -0.2) is 4.98 Å². The molecule has 2 aromatic rings. The van der Waals surface area contributed by atoms with Crippen molar-refractivity contribution >= 4 is 40.1 Å². The van der Waals surface area contributed by atoms with Crippen molar-refractivity contribution in [1.29, 1.82) is 0 Å². The number of hydrogen-bond acceptors (Lipinski definition) is 2. The van der Waals surface area contributed by atoms with E-state index in [-0.39, 0.29) is 17.8 Å². The van der Waals surface area contributed by atoms with Gasteiger partial charge in [0.15, 0.2) is 0 Å². The molecule has 0 saturated heterocycles. The number of amides is 1. The molecule has 1 N–H and O–H groups in total. The molecule has 0 bridgehead atoms. The Balaban J connectivity index is 2.04. The van der Waals surface area contributed by atoms with Crippen LogP contribution >= 0.6 is 23.2 Å².